The minimum Gasteiger partial charge on any atom is -0.396 e. The van der Waals surface area contributed by atoms with Gasteiger partial charge in [-0.1, -0.05) is 6.07 Å². The molecule has 0 atom stereocenters. The Labute approximate surface area is 95.7 Å². The summed E-state index contributed by atoms with van der Waals surface area (Å²) in [4.78, 5) is 16.5. The molecule has 0 bridgehead atoms. The minimum absolute atomic E-state index is 0.0861. The van der Waals surface area contributed by atoms with Crippen LogP contribution in [0.4, 0.5) is 10.1 Å². The molecule has 0 fully saturated rings. The van der Waals surface area contributed by atoms with Crippen LogP contribution in [0.5, 0.6) is 0 Å². The largest absolute Gasteiger partial charge is 0.396 e. The lowest BCUT2D eigenvalue weighted by Crippen LogP contribution is -2.07. The Morgan fingerprint density at radius 2 is 2.31 bits per heavy atom. The summed E-state index contributed by atoms with van der Waals surface area (Å²) in [7, 11) is 0. The van der Waals surface area contributed by atoms with Crippen molar-refractivity contribution in [3.05, 3.63) is 46.2 Å². The van der Waals surface area contributed by atoms with E-state index in [4.69, 9.17) is 5.73 Å². The molecule has 0 aliphatic heterocycles. The third kappa shape index (κ3) is 2.09. The van der Waals surface area contributed by atoms with Gasteiger partial charge >= 0.3 is 0 Å². The van der Waals surface area contributed by atoms with E-state index in [1.165, 1.54) is 29.5 Å². The minimum atomic E-state index is -0.560. The van der Waals surface area contributed by atoms with Crippen molar-refractivity contribution < 1.29 is 9.18 Å². The second-order valence-corrected chi connectivity index (χ2v) is 4.24. The van der Waals surface area contributed by atoms with Crippen molar-refractivity contribution in [2.24, 2.45) is 0 Å². The smallest absolute Gasteiger partial charge is 0.170 e. The summed E-state index contributed by atoms with van der Waals surface area (Å²) in [6.07, 6.45) is 1.83. The zero-order valence-corrected chi connectivity index (χ0v) is 9.13. The van der Waals surface area contributed by atoms with Crippen LogP contribution in [-0.2, 0) is 6.42 Å². The highest BCUT2D eigenvalue weighted by atomic mass is 32.1. The molecule has 2 rings (SSSR count). The van der Waals surface area contributed by atoms with Gasteiger partial charge in [0, 0.05) is 23.1 Å². The lowest BCUT2D eigenvalue weighted by Gasteiger charge is -2.04. The Hall–Kier alpha value is -1.75. The van der Waals surface area contributed by atoms with Crippen molar-refractivity contribution >= 4 is 22.8 Å². The maximum absolute atomic E-state index is 13.1. The number of aromatic nitrogens is 1. The van der Waals surface area contributed by atoms with E-state index in [-0.39, 0.29) is 23.5 Å². The molecule has 0 saturated carbocycles. The molecular weight excluding hydrogens is 227 g/mol. The van der Waals surface area contributed by atoms with Crippen LogP contribution in [0.1, 0.15) is 15.2 Å². The van der Waals surface area contributed by atoms with Gasteiger partial charge in [-0.2, -0.15) is 0 Å². The highest BCUT2D eigenvalue weighted by molar-refractivity contribution is 7.09. The summed E-state index contributed by atoms with van der Waals surface area (Å²) in [5, 5.41) is 0. The monoisotopic (exact) mass is 236 g/mol. The van der Waals surface area contributed by atoms with Gasteiger partial charge in [-0.25, -0.2) is 4.39 Å². The molecule has 16 heavy (non-hydrogen) atoms. The molecule has 0 unspecified atom stereocenters. The number of benzene rings is 1. The number of thiazole rings is 1. The lowest BCUT2D eigenvalue weighted by atomic mass is 10.1. The predicted octanol–water partition coefficient (Wildman–Crippen LogP) is 2.29. The van der Waals surface area contributed by atoms with Crippen molar-refractivity contribution in [2.45, 2.75) is 6.42 Å². The number of nitrogens with zero attached hydrogens (tertiary/aromatic N) is 1. The summed E-state index contributed by atoms with van der Waals surface area (Å²) < 4.78 is 13.1. The maximum Gasteiger partial charge on any atom is 0.170 e. The number of halogens is 1. The Kier molecular flexibility index (Phi) is 2.96. The average Bonchev–Trinajstić information content (AvgIpc) is 2.74. The van der Waals surface area contributed by atoms with Crippen LogP contribution < -0.4 is 5.73 Å². The summed E-state index contributed by atoms with van der Waals surface area (Å²) in [5.41, 5.74) is 7.30. The molecule has 0 spiro atoms. The van der Waals surface area contributed by atoms with E-state index >= 15 is 0 Å². The number of nitrogens with two attached hydrogens (primary N) is 1. The van der Waals surface area contributed by atoms with E-state index in [9.17, 15) is 9.18 Å². The fourth-order valence-corrected chi connectivity index (χ4v) is 1.96. The van der Waals surface area contributed by atoms with Crippen LogP contribution in [0.3, 0.4) is 0 Å². The Bertz CT molecular complexity index is 511. The number of nitrogen functional groups attached to an aromatic ring is 1. The van der Waals surface area contributed by atoms with Crippen LogP contribution in [0.15, 0.2) is 29.9 Å². The Morgan fingerprint density at radius 1 is 1.50 bits per heavy atom. The Balaban J connectivity index is 2.24. The topological polar surface area (TPSA) is 56.0 Å². The molecular formula is C11H9FN2OS. The maximum atomic E-state index is 13.1. The molecule has 1 aromatic carbocycles. The van der Waals surface area contributed by atoms with Gasteiger partial charge in [0.05, 0.1) is 11.2 Å². The second-order valence-electron chi connectivity index (χ2n) is 3.27. The number of Topliss-reactive ketones (excluding diaryl/α,β-unsaturated/α-hetero) is 1. The standard InChI is InChI=1S/C11H9FN2OS/c12-9-3-1-2-8(11(9)13)10(15)4-7-5-14-6-16-7/h1-3,5-6H,4,13H2. The van der Waals surface area contributed by atoms with Gasteiger partial charge in [-0.15, -0.1) is 11.3 Å². The van der Waals surface area contributed by atoms with Crippen molar-refractivity contribution in [2.75, 3.05) is 5.73 Å². The number of hydrogen-bond acceptors (Lipinski definition) is 4. The van der Waals surface area contributed by atoms with E-state index in [0.29, 0.717) is 0 Å². The molecule has 0 aliphatic carbocycles. The lowest BCUT2D eigenvalue weighted by molar-refractivity contribution is 0.0994. The third-order valence-electron chi connectivity index (χ3n) is 2.17. The van der Waals surface area contributed by atoms with Crippen LogP contribution >= 0.6 is 11.3 Å². The van der Waals surface area contributed by atoms with Crippen LogP contribution in [-0.4, -0.2) is 10.8 Å². The normalized spacial score (nSPS) is 10.3. The average molecular weight is 236 g/mol. The number of carbonyl (C=O) groups excluding carboxylic acids is 1. The molecule has 1 aromatic heterocycles. The van der Waals surface area contributed by atoms with E-state index in [0.717, 1.165) is 4.88 Å². The van der Waals surface area contributed by atoms with E-state index in [2.05, 4.69) is 4.98 Å². The fraction of sp³-hybridized carbons (Fsp3) is 0.0909. The number of rotatable bonds is 3. The highest BCUT2D eigenvalue weighted by Gasteiger charge is 2.13. The zero-order valence-electron chi connectivity index (χ0n) is 8.31. The van der Waals surface area contributed by atoms with Crippen LogP contribution in [0.25, 0.3) is 0 Å². The summed E-state index contributed by atoms with van der Waals surface area (Å²) >= 11 is 1.39. The Morgan fingerprint density at radius 3 is 3.00 bits per heavy atom. The number of hydrogen-bond donors (Lipinski definition) is 1. The quantitative estimate of drug-likeness (QED) is 0.657. The van der Waals surface area contributed by atoms with E-state index in [1.807, 2.05) is 0 Å². The number of para-hydroxylation sites is 1. The molecule has 5 heteroatoms. The van der Waals surface area contributed by atoms with Crippen molar-refractivity contribution in [1.29, 1.82) is 0 Å². The molecule has 0 saturated heterocycles. The SMILES string of the molecule is Nc1c(F)cccc1C(=O)Cc1cncs1. The number of ketones is 1. The summed E-state index contributed by atoms with van der Waals surface area (Å²) in [6, 6.07) is 4.24. The van der Waals surface area contributed by atoms with E-state index < -0.39 is 5.82 Å². The molecule has 3 nitrogen and oxygen atoms in total. The van der Waals surface area contributed by atoms with Crippen molar-refractivity contribution in [1.82, 2.24) is 4.98 Å². The fourth-order valence-electron chi connectivity index (χ4n) is 1.36. The van der Waals surface area contributed by atoms with Crippen molar-refractivity contribution in [3.63, 3.8) is 0 Å². The first-order valence-electron chi connectivity index (χ1n) is 4.63. The molecule has 0 radical (unpaired) electrons. The van der Waals surface area contributed by atoms with Gasteiger partial charge < -0.3 is 5.73 Å². The van der Waals surface area contributed by atoms with Gasteiger partial charge in [-0.3, -0.25) is 9.78 Å². The van der Waals surface area contributed by atoms with Gasteiger partial charge in [0.2, 0.25) is 0 Å². The first-order valence-corrected chi connectivity index (χ1v) is 5.51. The molecule has 2 N–H and O–H groups in total. The molecule has 2 aromatic rings. The molecule has 82 valence electrons. The predicted molar refractivity (Wildman–Crippen MR) is 61.0 cm³/mol. The van der Waals surface area contributed by atoms with Gasteiger partial charge in [-0.05, 0) is 12.1 Å². The number of anilines is 1. The molecule has 1 heterocycles. The highest BCUT2D eigenvalue weighted by Crippen LogP contribution is 2.18. The third-order valence-corrected chi connectivity index (χ3v) is 2.95. The molecule has 0 aliphatic rings. The first kappa shape index (κ1) is 10.8. The zero-order chi connectivity index (χ0) is 11.5. The van der Waals surface area contributed by atoms with Crippen molar-refractivity contribution in [3.8, 4) is 0 Å². The van der Waals surface area contributed by atoms with Gasteiger partial charge in [0.25, 0.3) is 0 Å². The number of carbonyl (C=O) groups is 1. The summed E-state index contributed by atoms with van der Waals surface area (Å²) in [6.45, 7) is 0. The van der Waals surface area contributed by atoms with Crippen LogP contribution in [0, 0.1) is 5.82 Å². The first-order chi connectivity index (χ1) is 7.68. The second kappa shape index (κ2) is 4.40. The molecule has 0 amide bonds. The van der Waals surface area contributed by atoms with Crippen LogP contribution in [0.2, 0.25) is 0 Å². The van der Waals surface area contributed by atoms with E-state index in [1.54, 1.807) is 11.7 Å². The van der Waals surface area contributed by atoms with Gasteiger partial charge in [0.1, 0.15) is 5.82 Å². The van der Waals surface area contributed by atoms with Gasteiger partial charge in [0.15, 0.2) is 5.78 Å². The summed E-state index contributed by atoms with van der Waals surface area (Å²) in [5.74, 6) is -0.753.